The summed E-state index contributed by atoms with van der Waals surface area (Å²) < 4.78 is 5.65. The SMILES string of the molecule is CC(C)Oc1cc(N)cc(NCCCCCCO)c1. The predicted octanol–water partition coefficient (Wildman–Crippen LogP) is 3.02. The van der Waals surface area contributed by atoms with E-state index >= 15 is 0 Å². The molecule has 19 heavy (non-hydrogen) atoms. The van der Waals surface area contributed by atoms with Crippen LogP contribution in [0.25, 0.3) is 0 Å². The van der Waals surface area contributed by atoms with Crippen LogP contribution in [-0.2, 0) is 0 Å². The zero-order valence-electron chi connectivity index (χ0n) is 12.0. The number of nitrogens with two attached hydrogens (primary N) is 1. The van der Waals surface area contributed by atoms with E-state index in [1.165, 1.54) is 0 Å². The molecule has 0 aliphatic carbocycles. The standard InChI is InChI=1S/C15H26N2O2/c1-12(2)19-15-10-13(16)9-14(11-15)17-7-5-3-4-6-8-18/h9-12,17-18H,3-8,16H2,1-2H3. The van der Waals surface area contributed by atoms with E-state index in [-0.39, 0.29) is 6.10 Å². The highest BCUT2D eigenvalue weighted by atomic mass is 16.5. The minimum atomic E-state index is 0.146. The summed E-state index contributed by atoms with van der Waals surface area (Å²) in [4.78, 5) is 0. The largest absolute Gasteiger partial charge is 0.491 e. The quantitative estimate of drug-likeness (QED) is 0.475. The van der Waals surface area contributed by atoms with Crippen LogP contribution in [0.5, 0.6) is 5.75 Å². The molecule has 0 fully saturated rings. The summed E-state index contributed by atoms with van der Waals surface area (Å²) in [7, 11) is 0. The maximum Gasteiger partial charge on any atom is 0.123 e. The van der Waals surface area contributed by atoms with Gasteiger partial charge in [-0.05, 0) is 32.8 Å². The molecule has 0 bridgehead atoms. The van der Waals surface area contributed by atoms with Crippen LogP contribution in [0.1, 0.15) is 39.5 Å². The van der Waals surface area contributed by atoms with Crippen LogP contribution in [0.3, 0.4) is 0 Å². The van der Waals surface area contributed by atoms with Crippen LogP contribution in [0, 0.1) is 0 Å². The van der Waals surface area contributed by atoms with Crippen molar-refractivity contribution in [3.05, 3.63) is 18.2 Å². The Labute approximate surface area is 116 Å². The number of aliphatic hydroxyl groups excluding tert-OH is 1. The summed E-state index contributed by atoms with van der Waals surface area (Å²) >= 11 is 0. The fourth-order valence-corrected chi connectivity index (χ4v) is 1.89. The molecule has 0 aromatic heterocycles. The third-order valence-corrected chi connectivity index (χ3v) is 2.71. The molecular weight excluding hydrogens is 240 g/mol. The number of aliphatic hydroxyl groups is 1. The molecular formula is C15H26N2O2. The first kappa shape index (κ1) is 15.6. The minimum Gasteiger partial charge on any atom is -0.491 e. The Morgan fingerprint density at radius 1 is 1.16 bits per heavy atom. The van der Waals surface area contributed by atoms with Crippen LogP contribution in [0.4, 0.5) is 11.4 Å². The molecule has 0 spiro atoms. The zero-order valence-corrected chi connectivity index (χ0v) is 12.0. The second kappa shape index (κ2) is 8.64. The highest BCUT2D eigenvalue weighted by Crippen LogP contribution is 2.23. The van der Waals surface area contributed by atoms with Gasteiger partial charge in [0.25, 0.3) is 0 Å². The van der Waals surface area contributed by atoms with E-state index in [0.29, 0.717) is 12.3 Å². The lowest BCUT2D eigenvalue weighted by atomic mass is 10.2. The normalized spacial score (nSPS) is 10.7. The Hall–Kier alpha value is -1.42. The lowest BCUT2D eigenvalue weighted by Gasteiger charge is -2.13. The maximum absolute atomic E-state index is 8.69. The van der Waals surface area contributed by atoms with E-state index in [1.54, 1.807) is 0 Å². The Bertz CT molecular complexity index is 367. The molecule has 0 radical (unpaired) electrons. The molecule has 0 amide bonds. The van der Waals surface area contributed by atoms with Gasteiger partial charge in [0.1, 0.15) is 5.75 Å². The number of unbranched alkanes of at least 4 members (excludes halogenated alkanes) is 3. The topological polar surface area (TPSA) is 67.5 Å². The lowest BCUT2D eigenvalue weighted by Crippen LogP contribution is -2.07. The second-order valence-corrected chi connectivity index (χ2v) is 5.02. The maximum atomic E-state index is 8.69. The van der Waals surface area contributed by atoms with Gasteiger partial charge in [-0.1, -0.05) is 12.8 Å². The monoisotopic (exact) mass is 266 g/mol. The van der Waals surface area contributed by atoms with Crippen molar-refractivity contribution in [2.75, 3.05) is 24.2 Å². The van der Waals surface area contributed by atoms with Crippen LogP contribution >= 0.6 is 0 Å². The lowest BCUT2D eigenvalue weighted by molar-refractivity contribution is 0.242. The van der Waals surface area contributed by atoms with Gasteiger partial charge in [-0.2, -0.15) is 0 Å². The van der Waals surface area contributed by atoms with E-state index in [0.717, 1.165) is 43.7 Å². The Balaban J connectivity index is 2.38. The fraction of sp³-hybridized carbons (Fsp3) is 0.600. The molecule has 0 saturated heterocycles. The van der Waals surface area contributed by atoms with Gasteiger partial charge in [0, 0.05) is 36.7 Å². The van der Waals surface area contributed by atoms with Gasteiger partial charge < -0.3 is 20.9 Å². The van der Waals surface area contributed by atoms with Crippen LogP contribution in [0.15, 0.2) is 18.2 Å². The molecule has 0 saturated carbocycles. The second-order valence-electron chi connectivity index (χ2n) is 5.02. The number of nitrogens with one attached hydrogen (secondary N) is 1. The van der Waals surface area contributed by atoms with Gasteiger partial charge >= 0.3 is 0 Å². The number of nitrogen functional groups attached to an aromatic ring is 1. The molecule has 1 aromatic carbocycles. The summed E-state index contributed by atoms with van der Waals surface area (Å²) in [6.45, 7) is 5.20. The van der Waals surface area contributed by atoms with Crippen LogP contribution < -0.4 is 15.8 Å². The average molecular weight is 266 g/mol. The smallest absolute Gasteiger partial charge is 0.123 e. The van der Waals surface area contributed by atoms with Crippen molar-refractivity contribution in [1.29, 1.82) is 0 Å². The van der Waals surface area contributed by atoms with Gasteiger partial charge in [0.15, 0.2) is 0 Å². The van der Waals surface area contributed by atoms with E-state index in [1.807, 2.05) is 32.0 Å². The number of benzene rings is 1. The Morgan fingerprint density at radius 3 is 2.58 bits per heavy atom. The summed E-state index contributed by atoms with van der Waals surface area (Å²) in [6.07, 6.45) is 4.34. The highest BCUT2D eigenvalue weighted by Gasteiger charge is 2.02. The molecule has 4 heteroatoms. The Morgan fingerprint density at radius 2 is 1.89 bits per heavy atom. The first-order chi connectivity index (χ1) is 9.11. The summed E-state index contributed by atoms with van der Waals surface area (Å²) in [6, 6.07) is 5.73. The molecule has 1 aromatic rings. The van der Waals surface area contributed by atoms with Crippen molar-refractivity contribution in [3.8, 4) is 5.75 Å². The van der Waals surface area contributed by atoms with Crippen LogP contribution in [0.2, 0.25) is 0 Å². The molecule has 0 unspecified atom stereocenters. The number of ether oxygens (including phenoxy) is 1. The van der Waals surface area contributed by atoms with E-state index < -0.39 is 0 Å². The molecule has 0 aliphatic heterocycles. The van der Waals surface area contributed by atoms with Crippen molar-refractivity contribution in [1.82, 2.24) is 0 Å². The molecule has 0 atom stereocenters. The number of hydrogen-bond donors (Lipinski definition) is 3. The number of rotatable bonds is 9. The van der Waals surface area contributed by atoms with Gasteiger partial charge in [-0.25, -0.2) is 0 Å². The van der Waals surface area contributed by atoms with Crippen molar-refractivity contribution in [3.63, 3.8) is 0 Å². The van der Waals surface area contributed by atoms with Crippen molar-refractivity contribution in [2.45, 2.75) is 45.6 Å². The van der Waals surface area contributed by atoms with Gasteiger partial charge in [-0.3, -0.25) is 0 Å². The fourth-order valence-electron chi connectivity index (χ4n) is 1.89. The van der Waals surface area contributed by atoms with Crippen LogP contribution in [-0.4, -0.2) is 24.4 Å². The third-order valence-electron chi connectivity index (χ3n) is 2.71. The first-order valence-electron chi connectivity index (χ1n) is 7.04. The highest BCUT2D eigenvalue weighted by molar-refractivity contribution is 5.59. The molecule has 1 rings (SSSR count). The van der Waals surface area contributed by atoms with E-state index in [2.05, 4.69) is 5.32 Å². The minimum absolute atomic E-state index is 0.146. The molecule has 4 N–H and O–H groups in total. The zero-order chi connectivity index (χ0) is 14.1. The summed E-state index contributed by atoms with van der Waals surface area (Å²) in [5.74, 6) is 0.804. The average Bonchev–Trinajstić information content (AvgIpc) is 2.32. The summed E-state index contributed by atoms with van der Waals surface area (Å²) in [5.41, 5.74) is 7.56. The molecule has 108 valence electrons. The molecule has 0 aliphatic rings. The van der Waals surface area contributed by atoms with Crippen molar-refractivity contribution < 1.29 is 9.84 Å². The Kier molecular flexibility index (Phi) is 7.11. The van der Waals surface area contributed by atoms with Crippen molar-refractivity contribution in [2.24, 2.45) is 0 Å². The number of anilines is 2. The van der Waals surface area contributed by atoms with E-state index in [4.69, 9.17) is 15.6 Å². The van der Waals surface area contributed by atoms with Gasteiger partial charge in [0.2, 0.25) is 0 Å². The first-order valence-corrected chi connectivity index (χ1v) is 7.04. The number of hydrogen-bond acceptors (Lipinski definition) is 4. The predicted molar refractivity (Wildman–Crippen MR) is 80.7 cm³/mol. The van der Waals surface area contributed by atoms with Crippen molar-refractivity contribution >= 4 is 11.4 Å². The molecule has 0 heterocycles. The third kappa shape index (κ3) is 6.91. The molecule has 4 nitrogen and oxygen atoms in total. The van der Waals surface area contributed by atoms with Gasteiger partial charge in [-0.15, -0.1) is 0 Å². The van der Waals surface area contributed by atoms with E-state index in [9.17, 15) is 0 Å². The summed E-state index contributed by atoms with van der Waals surface area (Å²) in [5, 5.41) is 12.0. The van der Waals surface area contributed by atoms with Gasteiger partial charge in [0.05, 0.1) is 6.10 Å².